The number of rotatable bonds is 6. The first-order valence-electron chi connectivity index (χ1n) is 3.27. The highest BCUT2D eigenvalue weighted by molar-refractivity contribution is 7.76. The van der Waals surface area contributed by atoms with Crippen molar-refractivity contribution >= 4 is 19.0 Å². The summed E-state index contributed by atoms with van der Waals surface area (Å²) in [4.78, 5) is 0. The Morgan fingerprint density at radius 2 is 1.50 bits per heavy atom. The molecule has 0 aromatic carbocycles. The molecule has 0 aliphatic rings. The summed E-state index contributed by atoms with van der Waals surface area (Å²) in [5.74, 6) is 0. The highest BCUT2D eigenvalue weighted by Gasteiger charge is 2.04. The minimum atomic E-state index is -1.43. The van der Waals surface area contributed by atoms with E-state index in [1.807, 2.05) is 12.1 Å². The van der Waals surface area contributed by atoms with Gasteiger partial charge in [0.2, 0.25) is 0 Å². The van der Waals surface area contributed by atoms with Crippen molar-refractivity contribution in [2.45, 2.75) is 12.8 Å². The van der Waals surface area contributed by atoms with Gasteiger partial charge < -0.3 is 9.05 Å². The zero-order chi connectivity index (χ0) is 9.23. The van der Waals surface area contributed by atoms with Crippen LogP contribution in [0.2, 0.25) is 0 Å². The fourth-order valence-electron chi connectivity index (χ4n) is 0.363. The lowest BCUT2D eigenvalue weighted by atomic mass is 10.5. The van der Waals surface area contributed by atoms with Gasteiger partial charge in [0.05, 0.1) is 38.2 Å². The van der Waals surface area contributed by atoms with E-state index >= 15 is 0 Å². The Bertz CT molecular complexity index is 169. The molecule has 0 saturated carbocycles. The Labute approximate surface area is 77.3 Å². The summed E-state index contributed by atoms with van der Waals surface area (Å²) in [7, 11) is -1.43. The van der Waals surface area contributed by atoms with E-state index in [1.54, 1.807) is 0 Å². The van der Waals surface area contributed by atoms with E-state index in [4.69, 9.17) is 30.8 Å². The van der Waals surface area contributed by atoms with Crippen LogP contribution in [-0.2, 0) is 9.05 Å². The molecule has 12 heavy (non-hydrogen) atoms. The van der Waals surface area contributed by atoms with E-state index in [2.05, 4.69) is 0 Å². The average Bonchev–Trinajstić information content (AvgIpc) is 2.06. The number of halogens is 1. The van der Waals surface area contributed by atoms with Gasteiger partial charge in [-0.3, -0.25) is 0 Å². The fraction of sp³-hybridized carbons (Fsp3) is 0.667. The number of nitrogens with zero attached hydrogens (tertiary/aromatic N) is 2. The average molecular weight is 207 g/mol. The van der Waals surface area contributed by atoms with Gasteiger partial charge in [0.25, 0.3) is 7.73 Å². The Balaban J connectivity index is 3.18. The Morgan fingerprint density at radius 1 is 1.08 bits per heavy atom. The largest absolute Gasteiger partial charge is 0.321 e. The number of hydrogen-bond donors (Lipinski definition) is 0. The predicted molar refractivity (Wildman–Crippen MR) is 45.1 cm³/mol. The lowest BCUT2D eigenvalue weighted by Crippen LogP contribution is -1.90. The molecule has 0 aromatic heterocycles. The van der Waals surface area contributed by atoms with Gasteiger partial charge >= 0.3 is 0 Å². The molecule has 0 spiro atoms. The molecule has 6 heteroatoms. The molecule has 0 amide bonds. The first-order chi connectivity index (χ1) is 5.81. The van der Waals surface area contributed by atoms with Gasteiger partial charge in [-0.25, -0.2) is 0 Å². The molecule has 0 aromatic rings. The van der Waals surface area contributed by atoms with Crippen molar-refractivity contribution in [2.75, 3.05) is 13.2 Å². The monoisotopic (exact) mass is 206 g/mol. The molecular weight excluding hydrogens is 199 g/mol. The van der Waals surface area contributed by atoms with Crippen molar-refractivity contribution in [3.63, 3.8) is 0 Å². The molecule has 0 heterocycles. The summed E-state index contributed by atoms with van der Waals surface area (Å²) < 4.78 is 9.81. The van der Waals surface area contributed by atoms with Crippen molar-refractivity contribution in [1.29, 1.82) is 10.5 Å². The van der Waals surface area contributed by atoms with Crippen molar-refractivity contribution < 1.29 is 9.05 Å². The topological polar surface area (TPSA) is 66.0 Å². The number of hydrogen-bond acceptors (Lipinski definition) is 4. The van der Waals surface area contributed by atoms with E-state index in [0.717, 1.165) is 0 Å². The molecule has 0 bridgehead atoms. The third-order valence-electron chi connectivity index (χ3n) is 0.813. The molecule has 0 saturated heterocycles. The van der Waals surface area contributed by atoms with E-state index < -0.39 is 7.73 Å². The minimum Gasteiger partial charge on any atom is -0.321 e. The summed E-state index contributed by atoms with van der Waals surface area (Å²) >= 11 is 5.55. The van der Waals surface area contributed by atoms with E-state index in [9.17, 15) is 0 Å². The van der Waals surface area contributed by atoms with Gasteiger partial charge in [0.1, 0.15) is 0 Å². The highest BCUT2D eigenvalue weighted by Crippen LogP contribution is 2.43. The van der Waals surface area contributed by atoms with Crippen molar-refractivity contribution in [2.24, 2.45) is 0 Å². The van der Waals surface area contributed by atoms with Gasteiger partial charge in [-0.2, -0.15) is 10.5 Å². The van der Waals surface area contributed by atoms with Crippen molar-refractivity contribution in [3.05, 3.63) is 0 Å². The van der Waals surface area contributed by atoms with Gasteiger partial charge in [-0.05, 0) is 11.2 Å². The quantitative estimate of drug-likeness (QED) is 0.494. The predicted octanol–water partition coefficient (Wildman–Crippen LogP) is 2.31. The highest BCUT2D eigenvalue weighted by atomic mass is 35.7. The summed E-state index contributed by atoms with van der Waals surface area (Å²) in [6.07, 6.45) is 0.598. The fourth-order valence-corrected chi connectivity index (χ4v) is 1.32. The van der Waals surface area contributed by atoms with Crippen molar-refractivity contribution in [3.8, 4) is 12.1 Å². The van der Waals surface area contributed by atoms with Gasteiger partial charge in [-0.15, -0.1) is 0 Å². The smallest absolute Gasteiger partial charge is 0.276 e. The second-order valence-electron chi connectivity index (χ2n) is 1.70. The summed E-state index contributed by atoms with van der Waals surface area (Å²) in [6, 6.07) is 3.82. The van der Waals surface area contributed by atoms with Crippen LogP contribution < -0.4 is 0 Å². The lowest BCUT2D eigenvalue weighted by molar-refractivity contribution is 0.269. The first-order valence-corrected chi connectivity index (χ1v) is 5.35. The zero-order valence-corrected chi connectivity index (χ0v) is 8.01. The van der Waals surface area contributed by atoms with E-state index in [0.29, 0.717) is 12.8 Å². The molecule has 0 N–H and O–H groups in total. The Hall–Kier alpha value is -0.380. The number of nitriles is 2. The first kappa shape index (κ1) is 11.6. The van der Waals surface area contributed by atoms with Crippen LogP contribution >= 0.6 is 19.0 Å². The third kappa shape index (κ3) is 7.72. The molecule has 0 unspecified atom stereocenters. The Morgan fingerprint density at radius 3 is 1.83 bits per heavy atom. The Kier molecular flexibility index (Phi) is 8.44. The van der Waals surface area contributed by atoms with Crippen LogP contribution in [0.1, 0.15) is 12.8 Å². The van der Waals surface area contributed by atoms with Gasteiger partial charge in [0.15, 0.2) is 0 Å². The standard InChI is InChI=1S/C6H8ClN2O2P/c7-12(10-5-1-3-8)11-6-2-4-9/h1-2,5-6H2. The molecule has 0 atom stereocenters. The van der Waals surface area contributed by atoms with Crippen LogP contribution in [0.3, 0.4) is 0 Å². The molecular formula is C6H8ClN2O2P. The summed E-state index contributed by atoms with van der Waals surface area (Å²) in [5.41, 5.74) is 0. The van der Waals surface area contributed by atoms with Gasteiger partial charge in [0, 0.05) is 0 Å². The van der Waals surface area contributed by atoms with Crippen molar-refractivity contribution in [1.82, 2.24) is 0 Å². The van der Waals surface area contributed by atoms with Crippen LogP contribution in [0.15, 0.2) is 0 Å². The van der Waals surface area contributed by atoms with Gasteiger partial charge in [-0.1, -0.05) is 0 Å². The molecule has 0 rings (SSSR count). The van der Waals surface area contributed by atoms with Crippen LogP contribution in [0.5, 0.6) is 0 Å². The minimum absolute atomic E-state index is 0.276. The maximum absolute atomic E-state index is 8.14. The SMILES string of the molecule is N#CCCOP(Cl)OCCC#N. The van der Waals surface area contributed by atoms with Crippen LogP contribution in [0.4, 0.5) is 0 Å². The van der Waals surface area contributed by atoms with Crippen LogP contribution in [0, 0.1) is 22.7 Å². The van der Waals surface area contributed by atoms with E-state index in [-0.39, 0.29) is 13.2 Å². The molecule has 4 nitrogen and oxygen atoms in total. The lowest BCUT2D eigenvalue weighted by Gasteiger charge is -2.06. The zero-order valence-electron chi connectivity index (χ0n) is 6.36. The summed E-state index contributed by atoms with van der Waals surface area (Å²) in [6.45, 7) is 0.552. The van der Waals surface area contributed by atoms with E-state index in [1.165, 1.54) is 0 Å². The summed E-state index contributed by atoms with van der Waals surface area (Å²) in [5, 5.41) is 16.3. The maximum Gasteiger partial charge on any atom is 0.276 e. The second kappa shape index (κ2) is 8.71. The molecule has 0 aliphatic heterocycles. The second-order valence-corrected chi connectivity index (χ2v) is 3.46. The third-order valence-corrected chi connectivity index (χ3v) is 2.17. The molecule has 0 radical (unpaired) electrons. The van der Waals surface area contributed by atoms with Crippen LogP contribution in [-0.4, -0.2) is 13.2 Å². The molecule has 0 fully saturated rings. The van der Waals surface area contributed by atoms with Crippen LogP contribution in [0.25, 0.3) is 0 Å². The molecule has 0 aliphatic carbocycles. The molecule has 66 valence electrons. The normalized spacial score (nSPS) is 9.33. The maximum atomic E-state index is 8.14.